The molecule has 0 N–H and O–H groups in total. The van der Waals surface area contributed by atoms with Crippen LogP contribution in [0.5, 0.6) is 0 Å². The van der Waals surface area contributed by atoms with Crippen LogP contribution >= 0.6 is 0 Å². The van der Waals surface area contributed by atoms with Gasteiger partial charge in [-0.3, -0.25) is 0 Å². The third-order valence-corrected chi connectivity index (χ3v) is 23.9. The molecular weight excluding hydrogens is 1710 g/mol. The summed E-state index contributed by atoms with van der Waals surface area (Å²) < 4.78 is 761. The van der Waals surface area contributed by atoms with Gasteiger partial charge in [0.25, 0.3) is 0 Å². The number of hydrogen-bond acceptors (Lipinski definition) is 3. The fourth-order valence-corrected chi connectivity index (χ4v) is 18.1. The zero-order chi connectivity index (χ0) is 164. The number of rotatable bonds is 7. The Kier molecular flexibility index (Phi) is 7.60. The molecule has 0 bridgehead atoms. The van der Waals surface area contributed by atoms with Crippen LogP contribution in [0.4, 0.5) is 0 Å². The maximum atomic E-state index is 10.1. The van der Waals surface area contributed by atoms with E-state index in [0.717, 1.165) is 0 Å². The van der Waals surface area contributed by atoms with Crippen molar-refractivity contribution < 1.29 is 126 Å². The Morgan fingerprint density at radius 3 is 0.759 bits per heavy atom. The van der Waals surface area contributed by atoms with Crippen LogP contribution in [-0.2, 0) is 0 Å². The molecule has 3 heteroatoms. The highest BCUT2D eigenvalue weighted by Gasteiger charge is 2.28. The second-order valence-electron chi connectivity index (χ2n) is 31.3. The molecule has 652 valence electrons. The number of furan rings is 3. The molecule has 0 aliphatic carbocycles. The molecule has 0 aliphatic rings. The maximum absolute atomic E-state index is 10.1. The van der Waals surface area contributed by atoms with Crippen molar-refractivity contribution in [3.8, 4) is 77.9 Å². The van der Waals surface area contributed by atoms with Gasteiger partial charge in [-0.25, -0.2) is 0 Å². The fraction of sp³-hybridized carbons (Fsp3) is 0. The van der Waals surface area contributed by atoms with Crippen LogP contribution in [0, 0.1) is 0 Å². The van der Waals surface area contributed by atoms with Crippen LogP contribution in [-0.4, -0.2) is 0 Å². The molecule has 31 aromatic rings. The molecule has 3 heterocycles. The summed E-state index contributed by atoms with van der Waals surface area (Å²) in [6, 6.07) is -74.3. The van der Waals surface area contributed by atoms with Crippen LogP contribution in [0.25, 0.3) is 305 Å². The van der Waals surface area contributed by atoms with Crippen molar-refractivity contribution in [3.05, 3.63) is 495 Å². The van der Waals surface area contributed by atoms with Crippen molar-refractivity contribution in [2.75, 3.05) is 0 Å². The monoisotopic (exact) mass is 1870 g/mol. The third-order valence-electron chi connectivity index (χ3n) is 23.9. The smallest absolute Gasteiger partial charge is 0.136 e. The molecule has 0 spiro atoms. The Hall–Kier alpha value is -18.5. The first-order valence-corrected chi connectivity index (χ1v) is 42.0. The second kappa shape index (κ2) is 32.1. The van der Waals surface area contributed by atoms with Crippen LogP contribution in [0.15, 0.2) is 509 Å². The van der Waals surface area contributed by atoms with Crippen LogP contribution in [0.2, 0.25) is 0 Å². The van der Waals surface area contributed by atoms with E-state index >= 15 is 0 Å². The first kappa shape index (κ1) is 33.4. The summed E-state index contributed by atoms with van der Waals surface area (Å²) in [5.74, 6) is 0. The summed E-state index contributed by atoms with van der Waals surface area (Å²) in [7, 11) is 0. The normalized spacial score (nSPS) is 20.1. The minimum atomic E-state index is -1.14. The average Bonchev–Trinajstić information content (AvgIpc) is 1.64. The zero-order valence-electron chi connectivity index (χ0n) is 152. The first-order valence-electron chi connectivity index (χ1n) is 83.0. The summed E-state index contributed by atoms with van der Waals surface area (Å²) >= 11 is 0. The standard InChI is InChI=1S/C50H30O.2C44H26O/c1-2-14-33-30-47-45(29-32(33)13-1)50-44(24-11-25-46(50)51-47)49-42-20-7-5-18-40(42)48(41-19-6-8-21-43(41)49)35-16-9-15-34(28-35)37-22-10-23-38-36-17-4-3-12-31(36)26-27-39(37)38;1-2-13-30-26-40-38(25-29(30)12-1)44-37(21-10-22-39(44)45-40)43-34-18-7-5-16-32(34)42(33-17-6-8-19-35(33)43)36-20-9-14-28-24-23-27-11-3-4-15-31(27)41(28)36;1-2-12-30-26-41-39(24-29(30)11-1)44-37(18-9-19-40(44)45-41)43-35-16-7-5-14-33(35)42(34-15-6-8-17-36(34)43)31-23-22-28-21-20-27-10-3-4-13-32(27)38(28)25-31/h1-30H;2*1-26H/i1D,2D,3D,4D,5D,6D,7D,8D,9D,10D,11D,12D,13D,14D,15D,16D,17D,18D,19D,20D,21D,22D,23D,24D,25D,26D,27D,28D,29D,30D;2*1D,2D,3D,4D,5D,6D,7D,8D,9D,10D,11D,12D,13D,14D,15D,16D,17D,18D,19D,20D,21D,22D,23D,24D,25D,26D. The van der Waals surface area contributed by atoms with Gasteiger partial charge in [0.05, 0.1) is 112 Å². The molecule has 3 aromatic heterocycles. The Labute approximate surface area is 925 Å². The van der Waals surface area contributed by atoms with E-state index in [1.807, 2.05) is 0 Å². The van der Waals surface area contributed by atoms with E-state index in [2.05, 4.69) is 0 Å². The summed E-state index contributed by atoms with van der Waals surface area (Å²) in [5.41, 5.74) is -14.3. The van der Waals surface area contributed by atoms with Crippen molar-refractivity contribution >= 4 is 227 Å². The van der Waals surface area contributed by atoms with Gasteiger partial charge in [0.1, 0.15) is 33.5 Å². The minimum absolute atomic E-state index is 0.470. The fourth-order valence-electron chi connectivity index (χ4n) is 18.1. The predicted octanol–water partition coefficient (Wildman–Crippen LogP) is 39.7. The van der Waals surface area contributed by atoms with Crippen molar-refractivity contribution in [1.82, 2.24) is 0 Å². The Morgan fingerprint density at radius 1 is 0.113 bits per heavy atom. The van der Waals surface area contributed by atoms with E-state index in [1.165, 1.54) is 0 Å². The Morgan fingerprint density at radius 2 is 0.362 bits per heavy atom. The minimum Gasteiger partial charge on any atom is -0.456 e. The summed E-state index contributed by atoms with van der Waals surface area (Å²) in [5, 5.41) is -22.2. The highest BCUT2D eigenvalue weighted by molar-refractivity contribution is 6.33. The van der Waals surface area contributed by atoms with E-state index in [0.29, 0.717) is 0 Å². The molecule has 0 amide bonds. The van der Waals surface area contributed by atoms with E-state index in [9.17, 15) is 42.5 Å². The lowest BCUT2D eigenvalue weighted by Crippen LogP contribution is -1.92. The van der Waals surface area contributed by atoms with Gasteiger partial charge < -0.3 is 13.3 Å². The number of benzene rings is 28. The Bertz CT molecular complexity index is 16000. The van der Waals surface area contributed by atoms with Gasteiger partial charge in [0.15, 0.2) is 0 Å². The lowest BCUT2D eigenvalue weighted by Gasteiger charge is -2.19. The van der Waals surface area contributed by atoms with Crippen molar-refractivity contribution in [3.63, 3.8) is 0 Å². The maximum Gasteiger partial charge on any atom is 0.136 e. The van der Waals surface area contributed by atoms with E-state index < -0.39 is 801 Å². The molecule has 0 saturated carbocycles. The summed E-state index contributed by atoms with van der Waals surface area (Å²) in [6.07, 6.45) is 0. The van der Waals surface area contributed by atoms with Crippen LogP contribution in [0.3, 0.4) is 0 Å². The molecule has 3 nitrogen and oxygen atoms in total. The van der Waals surface area contributed by atoms with Crippen molar-refractivity contribution in [2.45, 2.75) is 0 Å². The highest BCUT2D eigenvalue weighted by atomic mass is 16.3. The first-order chi connectivity index (χ1) is 104. The van der Waals surface area contributed by atoms with E-state index in [-0.39, 0.29) is 0 Å². The molecule has 28 aromatic carbocycles. The highest BCUT2D eigenvalue weighted by Crippen LogP contribution is 2.54. The molecule has 0 fully saturated rings. The Balaban J connectivity index is 0.000000142. The van der Waals surface area contributed by atoms with Gasteiger partial charge in [0, 0.05) is 32.3 Å². The molecule has 0 radical (unpaired) electrons. The molecular formula is C138H82O3. The van der Waals surface area contributed by atoms with Gasteiger partial charge in [-0.05, 0) is 306 Å². The molecule has 141 heavy (non-hydrogen) atoms. The number of fused-ring (bicyclic) bond motifs is 27. The topological polar surface area (TPSA) is 39.4 Å². The lowest BCUT2D eigenvalue weighted by molar-refractivity contribution is 0.669. The van der Waals surface area contributed by atoms with Gasteiger partial charge in [-0.2, -0.15) is 0 Å². The van der Waals surface area contributed by atoms with Crippen molar-refractivity contribution in [2.24, 2.45) is 0 Å². The average molecular weight is 1870 g/mol. The molecule has 0 unspecified atom stereocenters. The third kappa shape index (κ3) is 12.7. The summed E-state index contributed by atoms with van der Waals surface area (Å²) in [4.78, 5) is 0. The van der Waals surface area contributed by atoms with Gasteiger partial charge >= 0.3 is 0 Å². The van der Waals surface area contributed by atoms with Crippen molar-refractivity contribution in [1.29, 1.82) is 0 Å². The van der Waals surface area contributed by atoms with E-state index in [4.69, 9.17) is 83.2 Å². The molecule has 0 saturated heterocycles. The lowest BCUT2D eigenvalue weighted by atomic mass is 9.83. The van der Waals surface area contributed by atoms with Gasteiger partial charge in [-0.15, -0.1) is 0 Å². The second-order valence-corrected chi connectivity index (χ2v) is 31.3. The van der Waals surface area contributed by atoms with Gasteiger partial charge in [-0.1, -0.05) is 429 Å². The zero-order valence-corrected chi connectivity index (χ0v) is 70.2. The number of hydrogen-bond donors (Lipinski definition) is 0. The SMILES string of the molecule is [2H]c1c([2H])c(-c2c3c([2H])c([2H])c([2H])c([2H])c3c(-c3c([2H])c([2H])c([2H])c4c([2H])c([2H])c5c([2H])c([2H])c([2H])c([2H])c5c34)c3c([2H])c([2H])c([2H])c([2H])c23)c2c(oc3c([2H])c4c([2H])c([2H])c([2H])c([2H])c4c([2H])c32)c1[2H].[2H]c1c([2H])c(-c2c3c([2H])c([2H])c([2H])c([2H])c3c(-c3c([2H])c([2H])c([2H])c4oc5c([2H])c6c([2H])c([2H])c([2H])c([2H])c6c([2H])c5c34)c3c([2H])c([2H])c([2H])c([2H])c23)c([2H])c(-c2c([2H])c([2H])c([2H])c3c2c([2H])c([2H])c2c([2H])c([2H])c([2H])c([2H])c23)c1[2H].[2H]c1c([2H])c(-c2c3c([2H])c([2H])c([2H])c([2H])c3c(-c3c([2H])c([2H])c4c([2H])c([2H])c5c([2H])c([2H])c([2H])c([2H])c5c4c3[2H])c3c([2H])c([2H])c([2H])c([2H])c23)c2c(oc3c([2H])c4c([2H])c([2H])c([2H])c([2H])c4c([2H])c32)c1[2H]. The largest absolute Gasteiger partial charge is 0.456 e. The predicted molar refractivity (Wildman–Crippen MR) is 602 cm³/mol. The quantitative estimate of drug-likeness (QED) is 0.118. The van der Waals surface area contributed by atoms with E-state index in [1.54, 1.807) is 0 Å². The van der Waals surface area contributed by atoms with Crippen LogP contribution < -0.4 is 0 Å². The molecule has 31 rings (SSSR count). The molecule has 0 aliphatic heterocycles. The molecule has 0 atom stereocenters. The van der Waals surface area contributed by atoms with Crippen LogP contribution in [0.1, 0.15) is 112 Å². The summed E-state index contributed by atoms with van der Waals surface area (Å²) in [6.45, 7) is 0. The van der Waals surface area contributed by atoms with Gasteiger partial charge in [0.2, 0.25) is 0 Å².